The van der Waals surface area contributed by atoms with Gasteiger partial charge in [-0.05, 0) is 25.0 Å². The van der Waals surface area contributed by atoms with Gasteiger partial charge < -0.3 is 34.2 Å². The molecule has 0 amide bonds. The average Bonchev–Trinajstić information content (AvgIpc) is 3.55. The number of rotatable bonds is 6. The molecule has 0 bridgehead atoms. The van der Waals surface area contributed by atoms with Crippen molar-refractivity contribution >= 4 is 29.0 Å². The lowest BCUT2D eigenvalue weighted by Crippen LogP contribution is -2.45. The quantitative estimate of drug-likeness (QED) is 0.394. The molecule has 0 unspecified atom stereocenters. The van der Waals surface area contributed by atoms with Gasteiger partial charge in [-0.3, -0.25) is 5.41 Å². The van der Waals surface area contributed by atoms with Crippen molar-refractivity contribution in [1.82, 2.24) is 14.9 Å². The summed E-state index contributed by atoms with van der Waals surface area (Å²) in [6.07, 6.45) is -4.12. The molecule has 0 aliphatic carbocycles. The van der Waals surface area contributed by atoms with Crippen LogP contribution in [0.25, 0.3) is 0 Å². The lowest BCUT2D eigenvalue weighted by molar-refractivity contribution is -0.169. The Morgan fingerprint density at radius 3 is 2.62 bits per heavy atom. The SMILES string of the molecule is CNc1nc(COC(=N)N2CCC[C@@H]2C(F)(F)F)nc2c1C(C)(C)CN2c1ccc(N2CCOCC2)cc1OC. The van der Waals surface area contributed by atoms with Crippen molar-refractivity contribution in [2.24, 2.45) is 0 Å². The maximum absolute atomic E-state index is 13.4. The maximum atomic E-state index is 13.4. The number of hydrogen-bond donors (Lipinski definition) is 2. The summed E-state index contributed by atoms with van der Waals surface area (Å²) in [6, 6.07) is 3.87. The van der Waals surface area contributed by atoms with Gasteiger partial charge in [0.2, 0.25) is 0 Å². The number of hydrogen-bond acceptors (Lipinski definition) is 9. The standard InChI is InChI=1S/C27H36F3N7O3/c1-26(2)16-37(18-8-7-17(14-19(18)38-4)35-10-12-39-13-11-35)24-22(26)23(32-3)33-21(34-24)15-40-25(31)36-9-5-6-20(36)27(28,29)30/h7-8,14,20,31H,5-6,9-13,15-16H2,1-4H3,(H,32,33,34)/t20-/m1/s1. The molecule has 2 aromatic rings. The summed E-state index contributed by atoms with van der Waals surface area (Å²) in [5, 5.41) is 11.3. The van der Waals surface area contributed by atoms with Gasteiger partial charge in [0.15, 0.2) is 12.4 Å². The van der Waals surface area contributed by atoms with Gasteiger partial charge in [0.25, 0.3) is 6.02 Å². The molecule has 13 heteroatoms. The molecule has 10 nitrogen and oxygen atoms in total. The third-order valence-electron chi connectivity index (χ3n) is 7.72. The molecule has 3 aliphatic heterocycles. The van der Waals surface area contributed by atoms with Crippen LogP contribution in [0.15, 0.2) is 18.2 Å². The molecule has 0 radical (unpaired) electrons. The van der Waals surface area contributed by atoms with Crippen molar-refractivity contribution in [3.63, 3.8) is 0 Å². The molecule has 0 spiro atoms. The highest BCUT2D eigenvalue weighted by Gasteiger charge is 2.47. The number of benzene rings is 1. The van der Waals surface area contributed by atoms with Gasteiger partial charge in [-0.25, -0.2) is 9.97 Å². The van der Waals surface area contributed by atoms with Gasteiger partial charge in [0, 0.05) is 56.0 Å². The third kappa shape index (κ3) is 5.30. The van der Waals surface area contributed by atoms with Gasteiger partial charge in [-0.1, -0.05) is 13.8 Å². The number of alkyl halides is 3. The molecule has 2 N–H and O–H groups in total. The van der Waals surface area contributed by atoms with E-state index in [4.69, 9.17) is 24.6 Å². The van der Waals surface area contributed by atoms with Crippen LogP contribution in [0.3, 0.4) is 0 Å². The minimum Gasteiger partial charge on any atom is -0.494 e. The zero-order chi connectivity index (χ0) is 28.7. The number of methoxy groups -OCH3 is 1. The molecule has 0 saturated carbocycles. The first-order chi connectivity index (χ1) is 19.0. The van der Waals surface area contributed by atoms with Gasteiger partial charge in [0.05, 0.1) is 26.0 Å². The predicted octanol–water partition coefficient (Wildman–Crippen LogP) is 4.27. The number of fused-ring (bicyclic) bond motifs is 1. The van der Waals surface area contributed by atoms with Crippen LogP contribution in [0.1, 0.15) is 38.1 Å². The van der Waals surface area contributed by atoms with Crippen LogP contribution in [0, 0.1) is 5.41 Å². The molecule has 3 aliphatic rings. The van der Waals surface area contributed by atoms with E-state index in [-0.39, 0.29) is 30.8 Å². The number of aromatic nitrogens is 2. The van der Waals surface area contributed by atoms with E-state index < -0.39 is 18.2 Å². The van der Waals surface area contributed by atoms with Crippen LogP contribution in [-0.4, -0.2) is 86.7 Å². The Morgan fingerprint density at radius 1 is 1.20 bits per heavy atom. The highest BCUT2D eigenvalue weighted by Crippen LogP contribution is 2.48. The largest absolute Gasteiger partial charge is 0.494 e. The fourth-order valence-electron chi connectivity index (χ4n) is 5.78. The topological polar surface area (TPSA) is 99.1 Å². The lowest BCUT2D eigenvalue weighted by atomic mass is 9.88. The lowest BCUT2D eigenvalue weighted by Gasteiger charge is -2.30. The number of amidine groups is 1. The van der Waals surface area contributed by atoms with E-state index in [2.05, 4.69) is 40.0 Å². The first-order valence-electron chi connectivity index (χ1n) is 13.5. The Kier molecular flexibility index (Phi) is 7.60. The molecule has 2 saturated heterocycles. The van der Waals surface area contributed by atoms with Crippen molar-refractivity contribution in [1.29, 1.82) is 5.41 Å². The molecule has 2 fully saturated rings. The summed E-state index contributed by atoms with van der Waals surface area (Å²) < 4.78 is 57.0. The van der Waals surface area contributed by atoms with Crippen LogP contribution < -0.4 is 19.9 Å². The van der Waals surface area contributed by atoms with Crippen LogP contribution >= 0.6 is 0 Å². The summed E-state index contributed by atoms with van der Waals surface area (Å²) in [4.78, 5) is 14.7. The predicted molar refractivity (Wildman–Crippen MR) is 146 cm³/mol. The smallest absolute Gasteiger partial charge is 0.408 e. The van der Waals surface area contributed by atoms with Crippen LogP contribution in [0.4, 0.5) is 36.2 Å². The van der Waals surface area contributed by atoms with E-state index >= 15 is 0 Å². The molecule has 4 heterocycles. The second kappa shape index (κ2) is 10.8. The number of nitrogens with zero attached hydrogens (tertiary/aromatic N) is 5. The number of morpholine rings is 1. The fourth-order valence-corrected chi connectivity index (χ4v) is 5.78. The number of halogens is 3. The van der Waals surface area contributed by atoms with E-state index in [0.29, 0.717) is 43.6 Å². The van der Waals surface area contributed by atoms with E-state index in [1.54, 1.807) is 14.2 Å². The van der Waals surface area contributed by atoms with Gasteiger partial charge in [-0.15, -0.1) is 0 Å². The first kappa shape index (κ1) is 28.1. The van der Waals surface area contributed by atoms with E-state index in [1.165, 1.54) is 0 Å². The average molecular weight is 564 g/mol. The Balaban J connectivity index is 1.43. The van der Waals surface area contributed by atoms with E-state index in [1.807, 2.05) is 12.1 Å². The van der Waals surface area contributed by atoms with Crippen LogP contribution in [-0.2, 0) is 21.5 Å². The van der Waals surface area contributed by atoms with E-state index in [0.717, 1.165) is 34.9 Å². The molecular weight excluding hydrogens is 527 g/mol. The van der Waals surface area contributed by atoms with Crippen LogP contribution in [0.5, 0.6) is 5.75 Å². The van der Waals surface area contributed by atoms with Gasteiger partial charge >= 0.3 is 6.18 Å². The summed E-state index contributed by atoms with van der Waals surface area (Å²) in [6.45, 7) is 7.70. The van der Waals surface area contributed by atoms with E-state index in [9.17, 15) is 13.2 Å². The van der Waals surface area contributed by atoms with Crippen molar-refractivity contribution in [2.75, 3.05) is 68.7 Å². The highest BCUT2D eigenvalue weighted by molar-refractivity contribution is 5.79. The minimum absolute atomic E-state index is 0.0509. The zero-order valence-electron chi connectivity index (χ0n) is 23.3. The number of likely N-dealkylation sites (tertiary alicyclic amines) is 1. The number of ether oxygens (including phenoxy) is 3. The molecule has 1 aromatic carbocycles. The Hall–Kier alpha value is -3.48. The first-order valence-corrected chi connectivity index (χ1v) is 13.5. The molecule has 218 valence electrons. The number of nitrogens with one attached hydrogen (secondary N) is 2. The molecular formula is C27H36F3N7O3. The summed E-state index contributed by atoms with van der Waals surface area (Å²) in [5.41, 5.74) is 2.50. The third-order valence-corrected chi connectivity index (χ3v) is 7.72. The van der Waals surface area contributed by atoms with Gasteiger partial charge in [-0.2, -0.15) is 13.2 Å². The summed E-state index contributed by atoms with van der Waals surface area (Å²) in [5.74, 6) is 2.24. The minimum atomic E-state index is -4.42. The van der Waals surface area contributed by atoms with Crippen molar-refractivity contribution in [3.8, 4) is 5.75 Å². The Morgan fingerprint density at radius 2 is 1.95 bits per heavy atom. The second-order valence-corrected chi connectivity index (χ2v) is 10.8. The number of anilines is 4. The monoisotopic (exact) mass is 563 g/mol. The summed E-state index contributed by atoms with van der Waals surface area (Å²) in [7, 11) is 3.41. The Labute approximate surface area is 231 Å². The normalized spacial score (nSPS) is 20.5. The summed E-state index contributed by atoms with van der Waals surface area (Å²) >= 11 is 0. The zero-order valence-corrected chi connectivity index (χ0v) is 23.3. The maximum Gasteiger partial charge on any atom is 0.408 e. The Bertz CT molecular complexity index is 1250. The van der Waals surface area contributed by atoms with Crippen molar-refractivity contribution in [3.05, 3.63) is 29.6 Å². The fraction of sp³-hybridized carbons (Fsp3) is 0.593. The van der Waals surface area contributed by atoms with Gasteiger partial charge in [0.1, 0.15) is 23.4 Å². The van der Waals surface area contributed by atoms with Crippen LogP contribution in [0.2, 0.25) is 0 Å². The molecule has 1 aromatic heterocycles. The highest BCUT2D eigenvalue weighted by atomic mass is 19.4. The second-order valence-electron chi connectivity index (χ2n) is 10.8. The molecule has 5 rings (SSSR count). The molecule has 1 atom stereocenters. The van der Waals surface area contributed by atoms with Crippen molar-refractivity contribution in [2.45, 2.75) is 50.9 Å². The van der Waals surface area contributed by atoms with Crippen molar-refractivity contribution < 1.29 is 27.4 Å². The molecule has 40 heavy (non-hydrogen) atoms.